The summed E-state index contributed by atoms with van der Waals surface area (Å²) in [7, 11) is -3.79. The van der Waals surface area contributed by atoms with E-state index in [1.54, 1.807) is 18.3 Å². The molecule has 1 aliphatic carbocycles. The Kier molecular flexibility index (Phi) is 6.70. The lowest BCUT2D eigenvalue weighted by Gasteiger charge is -2.35. The number of benzene rings is 1. The lowest BCUT2D eigenvalue weighted by atomic mass is 10.00. The number of fused-ring (bicyclic) bond motifs is 1. The zero-order valence-corrected chi connectivity index (χ0v) is 23.8. The number of aromatic nitrogens is 4. The minimum Gasteiger partial charge on any atom is -0.390 e. The Morgan fingerprint density at radius 3 is 2.52 bits per heavy atom. The minimum atomic E-state index is -3.79. The van der Waals surface area contributed by atoms with E-state index in [9.17, 15) is 18.8 Å². The number of pyridine rings is 2. The van der Waals surface area contributed by atoms with Crippen LogP contribution in [0.5, 0.6) is 0 Å². The number of nitrogens with zero attached hydrogens (tertiary/aromatic N) is 6. The fourth-order valence-electron chi connectivity index (χ4n) is 6.02. The number of aliphatic hydroxyl groups is 1. The van der Waals surface area contributed by atoms with E-state index in [4.69, 9.17) is 0 Å². The molecule has 3 aliphatic rings. The van der Waals surface area contributed by atoms with Gasteiger partial charge in [0.05, 0.1) is 34.6 Å². The molecule has 5 heterocycles. The Morgan fingerprint density at radius 2 is 1.86 bits per heavy atom. The molecule has 4 aromatic rings. The number of hydrogen-bond acceptors (Lipinski definition) is 9. The molecule has 3 N–H and O–H groups in total. The van der Waals surface area contributed by atoms with Crippen LogP contribution in [0.2, 0.25) is 0 Å². The van der Waals surface area contributed by atoms with Gasteiger partial charge in [-0.2, -0.15) is 9.57 Å². The van der Waals surface area contributed by atoms with Crippen LogP contribution in [0.15, 0.2) is 65.8 Å². The van der Waals surface area contributed by atoms with Gasteiger partial charge in [-0.05, 0) is 85.7 Å². The summed E-state index contributed by atoms with van der Waals surface area (Å²) < 4.78 is 30.3. The maximum absolute atomic E-state index is 13.5. The van der Waals surface area contributed by atoms with Crippen molar-refractivity contribution in [1.29, 1.82) is 5.26 Å². The molecule has 3 aromatic heterocycles. The maximum Gasteiger partial charge on any atom is 0.243 e. The zero-order chi connectivity index (χ0) is 28.9. The highest BCUT2D eigenvalue weighted by molar-refractivity contribution is 7.89. The molecule has 216 valence electrons. The number of sulfonamides is 1. The molecule has 0 amide bonds. The van der Waals surface area contributed by atoms with E-state index in [-0.39, 0.29) is 30.1 Å². The number of anilines is 1. The average molecular weight is 585 g/mol. The van der Waals surface area contributed by atoms with Crippen molar-refractivity contribution in [3.8, 4) is 17.2 Å². The molecule has 42 heavy (non-hydrogen) atoms. The topological polar surface area (TPSA) is 149 Å². The molecule has 12 heteroatoms. The third-order valence-electron chi connectivity index (χ3n) is 8.78. The standard InChI is InChI=1S/C30H32N8O3S/c31-19-30(12-13-30)22-6-9-27(33-16-22)34-24-11-15-37(18-26(24)39)42(40,41)23-7-3-20(4-8-23)21-5-10-28-35-36-29(38(28)17-21)25-2-1-14-32-25/h3-10,16-17,24-26,32,39H,1-2,11-15,18H2,(H,33,34)/t24-,25-,26+/m1/s1. The molecule has 7 rings (SSSR count). The highest BCUT2D eigenvalue weighted by atomic mass is 32.2. The van der Waals surface area contributed by atoms with Gasteiger partial charge < -0.3 is 15.7 Å². The zero-order valence-electron chi connectivity index (χ0n) is 23.0. The van der Waals surface area contributed by atoms with E-state index in [0.717, 1.165) is 60.4 Å². The normalized spacial score (nSPS) is 24.0. The number of piperidine rings is 1. The first-order valence-electron chi connectivity index (χ1n) is 14.4. The minimum absolute atomic E-state index is 0.0142. The summed E-state index contributed by atoms with van der Waals surface area (Å²) in [6.45, 7) is 1.23. The van der Waals surface area contributed by atoms with Gasteiger partial charge in [-0.1, -0.05) is 18.2 Å². The quantitative estimate of drug-likeness (QED) is 0.298. The number of β-amino-alcohol motifs (C(OH)–C–C–N with tert-alkyl or cyclic N) is 1. The van der Waals surface area contributed by atoms with Crippen molar-refractivity contribution >= 4 is 21.5 Å². The second-order valence-corrected chi connectivity index (χ2v) is 13.4. The Balaban J connectivity index is 1.02. The van der Waals surface area contributed by atoms with E-state index in [1.165, 1.54) is 4.31 Å². The SMILES string of the molecule is N#CC1(c2ccc(N[C@@H]3CCN(S(=O)(=O)c4ccc(-c5ccc6nnc([C@H]7CCCN7)n6c5)cc4)C[C@@H]3O)nc2)CC1. The van der Waals surface area contributed by atoms with E-state index < -0.39 is 21.5 Å². The van der Waals surface area contributed by atoms with Crippen molar-refractivity contribution in [2.24, 2.45) is 0 Å². The Bertz CT molecular complexity index is 1760. The lowest BCUT2D eigenvalue weighted by molar-refractivity contribution is 0.0949. The summed E-state index contributed by atoms with van der Waals surface area (Å²) in [6, 6.07) is 16.7. The number of nitriles is 1. The van der Waals surface area contributed by atoms with Gasteiger partial charge in [-0.15, -0.1) is 10.2 Å². The Hall–Kier alpha value is -3.89. The maximum atomic E-state index is 13.5. The largest absolute Gasteiger partial charge is 0.390 e. The average Bonchev–Trinajstić information content (AvgIpc) is 3.40. The van der Waals surface area contributed by atoms with Gasteiger partial charge in [-0.25, -0.2) is 13.4 Å². The van der Waals surface area contributed by atoms with Crippen LogP contribution in [0.1, 0.15) is 49.5 Å². The second-order valence-electron chi connectivity index (χ2n) is 11.5. The van der Waals surface area contributed by atoms with Crippen molar-refractivity contribution in [3.63, 3.8) is 0 Å². The van der Waals surface area contributed by atoms with Crippen molar-refractivity contribution in [1.82, 2.24) is 29.2 Å². The van der Waals surface area contributed by atoms with Crippen LogP contribution in [0, 0.1) is 11.3 Å². The van der Waals surface area contributed by atoms with Crippen LogP contribution in [0.3, 0.4) is 0 Å². The van der Waals surface area contributed by atoms with Gasteiger partial charge in [-0.3, -0.25) is 4.40 Å². The third-order valence-corrected chi connectivity index (χ3v) is 10.7. The molecule has 0 unspecified atom stereocenters. The predicted molar refractivity (Wildman–Crippen MR) is 156 cm³/mol. The summed E-state index contributed by atoms with van der Waals surface area (Å²) >= 11 is 0. The number of nitrogens with one attached hydrogen (secondary N) is 2. The molecular formula is C30H32N8O3S. The van der Waals surface area contributed by atoms with E-state index >= 15 is 0 Å². The second kappa shape index (κ2) is 10.4. The van der Waals surface area contributed by atoms with Crippen molar-refractivity contribution < 1.29 is 13.5 Å². The number of aliphatic hydroxyl groups excluding tert-OH is 1. The molecule has 0 spiro atoms. The molecule has 2 saturated heterocycles. The molecule has 2 aliphatic heterocycles. The van der Waals surface area contributed by atoms with Crippen LogP contribution in [0.4, 0.5) is 5.82 Å². The molecule has 0 bridgehead atoms. The fraction of sp³-hybridized carbons (Fsp3) is 0.400. The number of hydrogen-bond donors (Lipinski definition) is 3. The van der Waals surface area contributed by atoms with E-state index in [1.807, 2.05) is 47.0 Å². The first-order chi connectivity index (χ1) is 20.4. The van der Waals surface area contributed by atoms with E-state index in [0.29, 0.717) is 12.2 Å². The van der Waals surface area contributed by atoms with Gasteiger partial charge >= 0.3 is 0 Å². The van der Waals surface area contributed by atoms with Crippen LogP contribution >= 0.6 is 0 Å². The molecule has 3 fully saturated rings. The van der Waals surface area contributed by atoms with Crippen molar-refractivity contribution in [2.45, 2.75) is 60.6 Å². The predicted octanol–water partition coefficient (Wildman–Crippen LogP) is 3.01. The summed E-state index contributed by atoms with van der Waals surface area (Å²) in [5, 5.41) is 35.6. The van der Waals surface area contributed by atoms with Crippen LogP contribution in [-0.2, 0) is 15.4 Å². The van der Waals surface area contributed by atoms with Gasteiger partial charge in [0.15, 0.2) is 11.5 Å². The highest BCUT2D eigenvalue weighted by Gasteiger charge is 2.45. The monoisotopic (exact) mass is 584 g/mol. The lowest BCUT2D eigenvalue weighted by Crippen LogP contribution is -2.51. The third kappa shape index (κ3) is 4.82. The highest BCUT2D eigenvalue weighted by Crippen LogP contribution is 2.47. The summed E-state index contributed by atoms with van der Waals surface area (Å²) in [6.07, 6.45) is 7.07. The first-order valence-corrected chi connectivity index (χ1v) is 15.8. The number of rotatable bonds is 7. The summed E-state index contributed by atoms with van der Waals surface area (Å²) in [5.41, 5.74) is 3.11. The van der Waals surface area contributed by atoms with Gasteiger partial charge in [0, 0.05) is 25.5 Å². The molecule has 11 nitrogen and oxygen atoms in total. The van der Waals surface area contributed by atoms with Crippen molar-refractivity contribution in [3.05, 3.63) is 72.3 Å². The van der Waals surface area contributed by atoms with Gasteiger partial charge in [0.2, 0.25) is 10.0 Å². The Morgan fingerprint density at radius 1 is 1.05 bits per heavy atom. The summed E-state index contributed by atoms with van der Waals surface area (Å²) in [5.74, 6) is 1.48. The summed E-state index contributed by atoms with van der Waals surface area (Å²) in [4.78, 5) is 4.62. The molecular weight excluding hydrogens is 552 g/mol. The van der Waals surface area contributed by atoms with Gasteiger partial charge in [0.1, 0.15) is 5.82 Å². The molecule has 1 saturated carbocycles. The Labute approximate surface area is 244 Å². The van der Waals surface area contributed by atoms with Crippen molar-refractivity contribution in [2.75, 3.05) is 25.0 Å². The molecule has 0 radical (unpaired) electrons. The fourth-order valence-corrected chi connectivity index (χ4v) is 7.49. The molecule has 3 atom stereocenters. The van der Waals surface area contributed by atoms with Gasteiger partial charge in [0.25, 0.3) is 0 Å². The first kappa shape index (κ1) is 27.0. The van der Waals surface area contributed by atoms with E-state index in [2.05, 4.69) is 31.9 Å². The smallest absolute Gasteiger partial charge is 0.243 e. The van der Waals surface area contributed by atoms with Crippen LogP contribution < -0.4 is 10.6 Å². The van der Waals surface area contributed by atoms with Crippen LogP contribution in [-0.4, -0.2) is 69.2 Å². The molecule has 1 aromatic carbocycles. The van der Waals surface area contributed by atoms with Crippen LogP contribution in [0.25, 0.3) is 16.8 Å².